The highest BCUT2D eigenvalue weighted by Gasteiger charge is 2.25. The van der Waals surface area contributed by atoms with E-state index in [1.165, 1.54) is 18.7 Å². The van der Waals surface area contributed by atoms with Crippen molar-refractivity contribution >= 4 is 17.5 Å². The normalized spacial score (nSPS) is 19.7. The Morgan fingerprint density at radius 2 is 1.83 bits per heavy atom. The Hall–Kier alpha value is -2.81. The van der Waals surface area contributed by atoms with E-state index in [1.54, 1.807) is 0 Å². The van der Waals surface area contributed by atoms with Crippen LogP contribution in [0, 0.1) is 11.6 Å². The first-order chi connectivity index (χ1) is 13.9. The molecule has 0 unspecified atom stereocenters. The fourth-order valence-corrected chi connectivity index (χ4v) is 3.76. The standard InChI is InChI=1S/C20H25F2N5O2/c1-12-5-3-6-13(2)27(12)10-9-23-20(29)18-16(11-24-26-18)25-19(28)17-14(21)7-4-8-15(17)22/h4,7-8,11-13H,3,5-6,9-10H2,1-2H3,(H,23,29)(H,24,26)(H,25,28)/t12-,13+. The topological polar surface area (TPSA) is 90.1 Å². The van der Waals surface area contributed by atoms with Gasteiger partial charge in [0.2, 0.25) is 0 Å². The summed E-state index contributed by atoms with van der Waals surface area (Å²) in [5.41, 5.74) is -0.641. The molecule has 7 nitrogen and oxygen atoms in total. The average Bonchev–Trinajstić information content (AvgIpc) is 3.12. The summed E-state index contributed by atoms with van der Waals surface area (Å²) in [5, 5.41) is 11.4. The monoisotopic (exact) mass is 405 g/mol. The van der Waals surface area contributed by atoms with Crippen molar-refractivity contribution in [3.8, 4) is 0 Å². The lowest BCUT2D eigenvalue weighted by Gasteiger charge is -2.39. The highest BCUT2D eigenvalue weighted by molar-refractivity contribution is 6.08. The number of halogens is 2. The second kappa shape index (κ2) is 9.13. The third kappa shape index (κ3) is 4.79. The number of hydrogen-bond acceptors (Lipinski definition) is 4. The first kappa shape index (κ1) is 20.9. The van der Waals surface area contributed by atoms with E-state index in [1.807, 2.05) is 0 Å². The Bertz CT molecular complexity index is 855. The fraction of sp³-hybridized carbons (Fsp3) is 0.450. The molecule has 3 N–H and O–H groups in total. The van der Waals surface area contributed by atoms with Crippen LogP contribution in [-0.2, 0) is 0 Å². The molecule has 29 heavy (non-hydrogen) atoms. The Morgan fingerprint density at radius 1 is 1.17 bits per heavy atom. The number of likely N-dealkylation sites (tertiary alicyclic amines) is 1. The summed E-state index contributed by atoms with van der Waals surface area (Å²) >= 11 is 0. The minimum absolute atomic E-state index is 0.0230. The number of nitrogens with one attached hydrogen (secondary N) is 3. The molecule has 1 aliphatic heterocycles. The molecule has 1 aliphatic rings. The number of nitrogens with zero attached hydrogens (tertiary/aromatic N) is 2. The van der Waals surface area contributed by atoms with Crippen molar-refractivity contribution in [2.24, 2.45) is 0 Å². The summed E-state index contributed by atoms with van der Waals surface area (Å²) < 4.78 is 27.6. The largest absolute Gasteiger partial charge is 0.349 e. The first-order valence-electron chi connectivity index (χ1n) is 9.71. The van der Waals surface area contributed by atoms with Crippen LogP contribution in [-0.4, -0.2) is 52.1 Å². The molecule has 1 saturated heterocycles. The highest BCUT2D eigenvalue weighted by Crippen LogP contribution is 2.22. The van der Waals surface area contributed by atoms with Crippen molar-refractivity contribution in [1.82, 2.24) is 20.4 Å². The van der Waals surface area contributed by atoms with Crippen LogP contribution in [0.15, 0.2) is 24.4 Å². The number of aromatic nitrogens is 2. The van der Waals surface area contributed by atoms with Gasteiger partial charge in [0, 0.05) is 25.2 Å². The van der Waals surface area contributed by atoms with E-state index < -0.39 is 29.0 Å². The number of piperidine rings is 1. The molecule has 3 rings (SSSR count). The summed E-state index contributed by atoms with van der Waals surface area (Å²) in [6, 6.07) is 4.08. The summed E-state index contributed by atoms with van der Waals surface area (Å²) in [5.74, 6) is -3.42. The lowest BCUT2D eigenvalue weighted by atomic mass is 9.98. The number of anilines is 1. The first-order valence-corrected chi connectivity index (χ1v) is 9.71. The maximum absolute atomic E-state index is 13.8. The Labute approximate surface area is 167 Å². The predicted octanol–water partition coefficient (Wildman–Crippen LogP) is 2.93. The van der Waals surface area contributed by atoms with Gasteiger partial charge < -0.3 is 10.6 Å². The van der Waals surface area contributed by atoms with Crippen molar-refractivity contribution in [2.75, 3.05) is 18.4 Å². The number of aromatic amines is 1. The van der Waals surface area contributed by atoms with Crippen LogP contribution in [0.3, 0.4) is 0 Å². The van der Waals surface area contributed by atoms with Gasteiger partial charge in [0.25, 0.3) is 11.8 Å². The van der Waals surface area contributed by atoms with Gasteiger partial charge in [-0.3, -0.25) is 19.6 Å². The van der Waals surface area contributed by atoms with Gasteiger partial charge in [-0.1, -0.05) is 12.5 Å². The zero-order valence-corrected chi connectivity index (χ0v) is 16.5. The van der Waals surface area contributed by atoms with Gasteiger partial charge in [-0.15, -0.1) is 0 Å². The highest BCUT2D eigenvalue weighted by atomic mass is 19.1. The van der Waals surface area contributed by atoms with Crippen LogP contribution in [0.4, 0.5) is 14.5 Å². The zero-order valence-electron chi connectivity index (χ0n) is 16.5. The van der Waals surface area contributed by atoms with Gasteiger partial charge in [0.1, 0.15) is 22.9 Å². The summed E-state index contributed by atoms with van der Waals surface area (Å²) in [7, 11) is 0. The molecule has 0 saturated carbocycles. The van der Waals surface area contributed by atoms with Gasteiger partial charge in [0.05, 0.1) is 11.9 Å². The van der Waals surface area contributed by atoms with Gasteiger partial charge in [0.15, 0.2) is 0 Å². The molecule has 1 fully saturated rings. The molecule has 2 heterocycles. The second-order valence-electron chi connectivity index (χ2n) is 7.33. The van der Waals surface area contributed by atoms with Crippen LogP contribution in [0.2, 0.25) is 0 Å². The molecule has 2 atom stereocenters. The number of H-pyrrole nitrogens is 1. The van der Waals surface area contributed by atoms with Gasteiger partial charge in [-0.25, -0.2) is 8.78 Å². The fourth-order valence-electron chi connectivity index (χ4n) is 3.76. The van der Waals surface area contributed by atoms with Crippen molar-refractivity contribution in [3.63, 3.8) is 0 Å². The quantitative estimate of drug-likeness (QED) is 0.689. The molecule has 0 aliphatic carbocycles. The lowest BCUT2D eigenvalue weighted by molar-refractivity contribution is 0.0886. The number of amides is 2. The van der Waals surface area contributed by atoms with E-state index in [-0.39, 0.29) is 11.4 Å². The molecule has 9 heteroatoms. The molecule has 2 amide bonds. The summed E-state index contributed by atoms with van der Waals surface area (Å²) in [6.07, 6.45) is 4.72. The lowest BCUT2D eigenvalue weighted by Crippen LogP contribution is -2.47. The Kier molecular flexibility index (Phi) is 6.58. The molecular weight excluding hydrogens is 380 g/mol. The molecule has 1 aromatic heterocycles. The van der Waals surface area contributed by atoms with E-state index in [4.69, 9.17) is 0 Å². The molecule has 156 valence electrons. The molecule has 0 radical (unpaired) electrons. The van der Waals surface area contributed by atoms with Crippen LogP contribution in [0.5, 0.6) is 0 Å². The molecule has 0 bridgehead atoms. The van der Waals surface area contributed by atoms with Crippen molar-refractivity contribution in [3.05, 3.63) is 47.3 Å². The number of carbonyl (C=O) groups is 2. The molecule has 0 spiro atoms. The van der Waals surface area contributed by atoms with Crippen LogP contribution >= 0.6 is 0 Å². The van der Waals surface area contributed by atoms with Crippen LogP contribution in [0.1, 0.15) is 54.0 Å². The van der Waals surface area contributed by atoms with Gasteiger partial charge >= 0.3 is 0 Å². The number of rotatable bonds is 6. The second-order valence-corrected chi connectivity index (χ2v) is 7.33. The van der Waals surface area contributed by atoms with E-state index in [2.05, 4.69) is 39.6 Å². The number of hydrogen-bond donors (Lipinski definition) is 3. The average molecular weight is 405 g/mol. The molecular formula is C20H25F2N5O2. The predicted molar refractivity (Wildman–Crippen MR) is 105 cm³/mol. The van der Waals surface area contributed by atoms with E-state index in [0.29, 0.717) is 25.2 Å². The minimum atomic E-state index is -0.994. The van der Waals surface area contributed by atoms with Crippen LogP contribution in [0.25, 0.3) is 0 Å². The third-order valence-corrected chi connectivity index (χ3v) is 5.34. The van der Waals surface area contributed by atoms with Gasteiger partial charge in [-0.05, 0) is 38.8 Å². The van der Waals surface area contributed by atoms with E-state index in [0.717, 1.165) is 25.0 Å². The summed E-state index contributed by atoms with van der Waals surface area (Å²) in [6.45, 7) is 5.51. The smallest absolute Gasteiger partial charge is 0.271 e. The van der Waals surface area contributed by atoms with Crippen molar-refractivity contribution in [2.45, 2.75) is 45.2 Å². The Balaban J connectivity index is 1.60. The summed E-state index contributed by atoms with van der Waals surface area (Å²) in [4.78, 5) is 27.1. The maximum atomic E-state index is 13.8. The van der Waals surface area contributed by atoms with Gasteiger partial charge in [-0.2, -0.15) is 5.10 Å². The maximum Gasteiger partial charge on any atom is 0.271 e. The van der Waals surface area contributed by atoms with Crippen molar-refractivity contribution in [1.29, 1.82) is 0 Å². The SMILES string of the molecule is C[C@@H]1CCC[C@H](C)N1CCNC(=O)c1[nH]ncc1NC(=O)c1c(F)cccc1F. The minimum Gasteiger partial charge on any atom is -0.349 e. The van der Waals surface area contributed by atoms with E-state index >= 15 is 0 Å². The Morgan fingerprint density at radius 3 is 2.48 bits per heavy atom. The van der Waals surface area contributed by atoms with E-state index in [9.17, 15) is 18.4 Å². The molecule has 2 aromatic rings. The van der Waals surface area contributed by atoms with Crippen LogP contribution < -0.4 is 10.6 Å². The number of carbonyl (C=O) groups excluding carboxylic acids is 2. The number of benzene rings is 1. The zero-order chi connectivity index (χ0) is 21.0. The third-order valence-electron chi connectivity index (χ3n) is 5.34. The molecule has 1 aromatic carbocycles. The van der Waals surface area contributed by atoms with Crippen molar-refractivity contribution < 1.29 is 18.4 Å².